The lowest BCUT2D eigenvalue weighted by atomic mass is 10.1. The molecule has 0 saturated carbocycles. The summed E-state index contributed by atoms with van der Waals surface area (Å²) in [5, 5.41) is 2.03. The molecule has 4 radical (unpaired) electrons. The molecule has 200 valence electrons. The van der Waals surface area contributed by atoms with E-state index in [4.69, 9.17) is 30.7 Å². The van der Waals surface area contributed by atoms with E-state index in [0.717, 1.165) is 41.6 Å². The molecule has 1 atom stereocenters. The first-order valence-electron chi connectivity index (χ1n) is 12.6. The maximum Gasteiger partial charge on any atom is 0.556 e. The van der Waals surface area contributed by atoms with E-state index in [2.05, 4.69) is 18.7 Å². The van der Waals surface area contributed by atoms with Crippen LogP contribution in [-0.4, -0.2) is 70.7 Å². The average molecular weight is 583 g/mol. The van der Waals surface area contributed by atoms with E-state index in [1.165, 1.54) is 5.56 Å². The minimum Gasteiger partial charge on any atom is -0.491 e. The van der Waals surface area contributed by atoms with Gasteiger partial charge in [0.05, 0.1) is 6.61 Å². The van der Waals surface area contributed by atoms with Crippen molar-refractivity contribution in [1.82, 2.24) is 0 Å². The summed E-state index contributed by atoms with van der Waals surface area (Å²) in [6, 6.07) is 29.2. The number of aryl methyl sites for hydroxylation is 1. The fraction of sp³-hybridized carbons (Fsp3) is 0.333. The molecule has 1 unspecified atom stereocenters. The second-order valence-corrected chi connectivity index (χ2v) is 16.7. The van der Waals surface area contributed by atoms with Crippen LogP contribution >= 0.6 is 0 Å². The van der Waals surface area contributed by atoms with Crippen LogP contribution in [0.5, 0.6) is 5.75 Å². The Morgan fingerprint density at radius 3 is 2.03 bits per heavy atom. The van der Waals surface area contributed by atoms with Crippen molar-refractivity contribution in [3.63, 3.8) is 0 Å². The first kappa shape index (κ1) is 29.1. The molecular weight excluding hydrogens is 549 g/mol. The van der Waals surface area contributed by atoms with Gasteiger partial charge in [-0.25, -0.2) is 0 Å². The lowest BCUT2D eigenvalue weighted by molar-refractivity contribution is 0.230. The van der Waals surface area contributed by atoms with E-state index in [0.29, 0.717) is 6.61 Å². The summed E-state index contributed by atoms with van der Waals surface area (Å²) in [5.41, 5.74) is 1.22. The minimum absolute atomic E-state index is 0.247. The fourth-order valence-electron chi connectivity index (χ4n) is 3.69. The zero-order chi connectivity index (χ0) is 26.6. The number of benzene rings is 3. The Labute approximate surface area is 233 Å². The Kier molecular flexibility index (Phi) is 12.0. The number of epoxide rings is 1. The van der Waals surface area contributed by atoms with Crippen LogP contribution in [-0.2, 0) is 32.4 Å². The van der Waals surface area contributed by atoms with Crippen LogP contribution in [0.2, 0.25) is 12.6 Å². The first-order valence-corrected chi connectivity index (χ1v) is 18.6. The second-order valence-electron chi connectivity index (χ2n) is 8.70. The van der Waals surface area contributed by atoms with Crippen LogP contribution in [0.4, 0.5) is 0 Å². The van der Waals surface area contributed by atoms with Gasteiger partial charge in [0.2, 0.25) is 0 Å². The van der Waals surface area contributed by atoms with Gasteiger partial charge in [0.1, 0.15) is 18.5 Å². The molecule has 1 heterocycles. The average Bonchev–Trinajstić information content (AvgIpc) is 3.80. The second kappa shape index (κ2) is 15.6. The standard InChI is InChI=1S/C27H34O7Si4/c1-28-36(25-15-6-4-7-16-25)33-37(26-17-8-5-9-18-26)34-38(29-2)32-35(3)20-12-14-23-13-10-11-19-27(23)31-22-24-21-30-24/h4-11,13,15-19,24H,12,14,20-22H2,1-3H3. The molecule has 3 aromatic rings. The molecule has 0 amide bonds. The number of rotatable bonds is 17. The highest BCUT2D eigenvalue weighted by molar-refractivity contribution is 6.77. The third-order valence-electron chi connectivity index (χ3n) is 5.76. The van der Waals surface area contributed by atoms with Gasteiger partial charge in [-0.15, -0.1) is 0 Å². The van der Waals surface area contributed by atoms with Crippen molar-refractivity contribution in [1.29, 1.82) is 0 Å². The van der Waals surface area contributed by atoms with Crippen molar-refractivity contribution in [2.45, 2.75) is 31.5 Å². The molecule has 0 N–H and O–H groups in total. The molecule has 1 saturated heterocycles. The van der Waals surface area contributed by atoms with Crippen LogP contribution in [0.3, 0.4) is 0 Å². The number of ether oxygens (including phenoxy) is 2. The highest BCUT2D eigenvalue weighted by atomic mass is 28.4. The Morgan fingerprint density at radius 2 is 1.39 bits per heavy atom. The van der Waals surface area contributed by atoms with Gasteiger partial charge < -0.3 is 30.7 Å². The van der Waals surface area contributed by atoms with E-state index in [1.54, 1.807) is 14.2 Å². The summed E-state index contributed by atoms with van der Waals surface area (Å²) in [5.74, 6) is 0.945. The highest BCUT2D eigenvalue weighted by Crippen LogP contribution is 2.22. The normalized spacial score (nSPS) is 15.1. The summed E-state index contributed by atoms with van der Waals surface area (Å²) in [6.07, 6.45) is 2.18. The monoisotopic (exact) mass is 582 g/mol. The Hall–Kier alpha value is -1.91. The van der Waals surface area contributed by atoms with E-state index >= 15 is 0 Å². The molecule has 0 aliphatic carbocycles. The van der Waals surface area contributed by atoms with Crippen LogP contribution in [0, 0.1) is 0 Å². The van der Waals surface area contributed by atoms with Gasteiger partial charge in [-0.05, 0) is 47.4 Å². The van der Waals surface area contributed by atoms with Crippen molar-refractivity contribution >= 4 is 47.5 Å². The van der Waals surface area contributed by atoms with E-state index < -0.39 is 37.1 Å². The SMILES string of the molecule is CO[Si](O[Si](C)CCCc1ccccc1OCC1CO1)O[Si](O[Si](OC)c1ccccc1)c1ccccc1. The van der Waals surface area contributed by atoms with Gasteiger partial charge >= 0.3 is 28.1 Å². The maximum absolute atomic E-state index is 6.50. The van der Waals surface area contributed by atoms with Gasteiger partial charge in [-0.1, -0.05) is 78.9 Å². The predicted molar refractivity (Wildman–Crippen MR) is 153 cm³/mol. The molecule has 0 aromatic heterocycles. The van der Waals surface area contributed by atoms with Crippen LogP contribution in [0.25, 0.3) is 0 Å². The Balaban J connectivity index is 1.32. The Morgan fingerprint density at radius 1 is 0.763 bits per heavy atom. The largest absolute Gasteiger partial charge is 0.556 e. The van der Waals surface area contributed by atoms with Crippen molar-refractivity contribution in [2.24, 2.45) is 0 Å². The lowest BCUT2D eigenvalue weighted by Crippen LogP contribution is -2.51. The molecule has 4 rings (SSSR count). The van der Waals surface area contributed by atoms with Gasteiger partial charge in [-0.2, -0.15) is 0 Å². The van der Waals surface area contributed by atoms with Gasteiger partial charge in [0, 0.05) is 14.2 Å². The number of para-hydroxylation sites is 1. The summed E-state index contributed by atoms with van der Waals surface area (Å²) >= 11 is 0. The molecular formula is C27H34O7Si4. The molecule has 1 aliphatic rings. The molecule has 0 spiro atoms. The van der Waals surface area contributed by atoms with Gasteiger partial charge in [0.25, 0.3) is 0 Å². The zero-order valence-electron chi connectivity index (χ0n) is 22.1. The summed E-state index contributed by atoms with van der Waals surface area (Å²) in [7, 11) is -3.44. The first-order chi connectivity index (χ1) is 18.7. The van der Waals surface area contributed by atoms with Gasteiger partial charge in [0.15, 0.2) is 9.04 Å². The molecule has 1 fully saturated rings. The molecule has 1 aliphatic heterocycles. The van der Waals surface area contributed by atoms with Crippen LogP contribution in [0.1, 0.15) is 12.0 Å². The van der Waals surface area contributed by atoms with Crippen LogP contribution in [0.15, 0.2) is 84.9 Å². The smallest absolute Gasteiger partial charge is 0.491 e. The lowest BCUT2D eigenvalue weighted by Gasteiger charge is -2.24. The third kappa shape index (κ3) is 9.38. The summed E-state index contributed by atoms with van der Waals surface area (Å²) in [4.78, 5) is 0. The number of hydrogen-bond acceptors (Lipinski definition) is 7. The maximum atomic E-state index is 6.50. The molecule has 3 aromatic carbocycles. The van der Waals surface area contributed by atoms with E-state index in [1.807, 2.05) is 72.8 Å². The topological polar surface area (TPSA) is 67.9 Å². The van der Waals surface area contributed by atoms with Crippen molar-refractivity contribution < 1.29 is 30.7 Å². The summed E-state index contributed by atoms with van der Waals surface area (Å²) < 4.78 is 42.0. The molecule has 38 heavy (non-hydrogen) atoms. The van der Waals surface area contributed by atoms with Crippen LogP contribution < -0.4 is 15.1 Å². The predicted octanol–water partition coefficient (Wildman–Crippen LogP) is 3.14. The fourth-order valence-corrected chi connectivity index (χ4v) is 11.9. The van der Waals surface area contributed by atoms with Gasteiger partial charge in [-0.3, -0.25) is 0 Å². The molecule has 7 nitrogen and oxygen atoms in total. The van der Waals surface area contributed by atoms with Crippen molar-refractivity contribution in [3.8, 4) is 5.75 Å². The van der Waals surface area contributed by atoms with E-state index in [-0.39, 0.29) is 6.10 Å². The number of hydrogen-bond donors (Lipinski definition) is 0. The zero-order valence-corrected chi connectivity index (χ0v) is 26.1. The molecule has 11 heteroatoms. The Bertz CT molecular complexity index is 1080. The quantitative estimate of drug-likeness (QED) is 0.179. The summed E-state index contributed by atoms with van der Waals surface area (Å²) in [6.45, 7) is 3.57. The molecule has 0 bridgehead atoms. The van der Waals surface area contributed by atoms with Crippen molar-refractivity contribution in [2.75, 3.05) is 27.4 Å². The van der Waals surface area contributed by atoms with Crippen molar-refractivity contribution in [3.05, 3.63) is 90.5 Å². The minimum atomic E-state index is -1.99. The highest BCUT2D eigenvalue weighted by Gasteiger charge is 2.34. The van der Waals surface area contributed by atoms with E-state index in [9.17, 15) is 0 Å². The third-order valence-corrected chi connectivity index (χ3v) is 14.1.